The first-order chi connectivity index (χ1) is 15.0. The quantitative estimate of drug-likeness (QED) is 0.634. The summed E-state index contributed by atoms with van der Waals surface area (Å²) in [6, 6.07) is 15.5. The molecule has 0 aromatic heterocycles. The fraction of sp³-hybridized carbons (Fsp3) is 0.304. The molecule has 1 amide bonds. The van der Waals surface area contributed by atoms with Gasteiger partial charge in [-0.25, -0.2) is 0 Å². The van der Waals surface area contributed by atoms with Crippen LogP contribution in [-0.4, -0.2) is 37.1 Å². The SMILES string of the molecule is CCOc1ccc(C2CC(=O)N3CN(c4cccc(Cl)c4)CSC3=C2C#N)cc1OC. The molecule has 1 fully saturated rings. The van der Waals surface area contributed by atoms with Crippen LogP contribution in [0.5, 0.6) is 11.5 Å². The number of thioether (sulfide) groups is 1. The Labute approximate surface area is 191 Å². The third kappa shape index (κ3) is 4.18. The Hall–Kier alpha value is -2.82. The largest absolute Gasteiger partial charge is 0.493 e. The minimum absolute atomic E-state index is 0.00826. The van der Waals surface area contributed by atoms with E-state index in [-0.39, 0.29) is 18.2 Å². The number of nitrogens with zero attached hydrogens (tertiary/aromatic N) is 3. The van der Waals surface area contributed by atoms with Gasteiger partial charge in [0.25, 0.3) is 0 Å². The van der Waals surface area contributed by atoms with Crippen molar-refractivity contribution in [1.82, 2.24) is 4.90 Å². The van der Waals surface area contributed by atoms with E-state index in [0.29, 0.717) is 41.2 Å². The first kappa shape index (κ1) is 21.4. The Kier molecular flexibility index (Phi) is 6.30. The van der Waals surface area contributed by atoms with E-state index in [1.807, 2.05) is 49.4 Å². The first-order valence-corrected chi connectivity index (χ1v) is 11.3. The molecule has 2 aromatic carbocycles. The van der Waals surface area contributed by atoms with Crippen LogP contribution in [0.1, 0.15) is 24.8 Å². The summed E-state index contributed by atoms with van der Waals surface area (Å²) in [7, 11) is 1.58. The van der Waals surface area contributed by atoms with Crippen molar-refractivity contribution in [3.05, 3.63) is 63.7 Å². The first-order valence-electron chi connectivity index (χ1n) is 9.94. The number of amides is 1. The maximum absolute atomic E-state index is 13.1. The van der Waals surface area contributed by atoms with Crippen LogP contribution in [0.4, 0.5) is 5.69 Å². The van der Waals surface area contributed by atoms with Crippen molar-refractivity contribution >= 4 is 35.0 Å². The van der Waals surface area contributed by atoms with Crippen molar-refractivity contribution in [2.75, 3.05) is 31.2 Å². The lowest BCUT2D eigenvalue weighted by molar-refractivity contribution is -0.129. The molecule has 2 aromatic rings. The fourth-order valence-corrected chi connectivity index (χ4v) is 5.21. The highest BCUT2D eigenvalue weighted by Gasteiger charge is 2.38. The van der Waals surface area contributed by atoms with E-state index in [1.54, 1.807) is 12.0 Å². The number of benzene rings is 2. The number of nitriles is 1. The highest BCUT2D eigenvalue weighted by molar-refractivity contribution is 8.03. The smallest absolute Gasteiger partial charge is 0.229 e. The Bertz CT molecular complexity index is 1080. The Morgan fingerprint density at radius 1 is 1.26 bits per heavy atom. The molecule has 1 unspecified atom stereocenters. The number of ether oxygens (including phenoxy) is 2. The molecule has 0 saturated carbocycles. The molecule has 1 atom stereocenters. The number of hydrogen-bond donors (Lipinski definition) is 0. The molecule has 2 aliphatic rings. The van der Waals surface area contributed by atoms with Crippen LogP contribution < -0.4 is 14.4 Å². The maximum atomic E-state index is 13.1. The zero-order valence-corrected chi connectivity index (χ0v) is 18.9. The number of allylic oxidation sites excluding steroid dienone is 1. The third-order valence-electron chi connectivity index (χ3n) is 5.36. The van der Waals surface area contributed by atoms with Crippen LogP contribution in [0.25, 0.3) is 0 Å². The number of hydrogen-bond acceptors (Lipinski definition) is 6. The number of carbonyl (C=O) groups is 1. The molecule has 160 valence electrons. The lowest BCUT2D eigenvalue weighted by atomic mass is 9.86. The standard InChI is InChI=1S/C23H22ClN3O3S/c1-3-30-20-8-7-15(9-21(20)29-2)18-11-22(28)27-13-26(14-31-23(27)19(18)12-25)17-6-4-5-16(24)10-17/h4-10,18H,3,11,13-14H2,1-2H3. The van der Waals surface area contributed by atoms with Crippen LogP contribution in [0, 0.1) is 11.3 Å². The van der Waals surface area contributed by atoms with Crippen molar-refractivity contribution in [2.24, 2.45) is 0 Å². The highest BCUT2D eigenvalue weighted by Crippen LogP contribution is 2.44. The van der Waals surface area contributed by atoms with Crippen molar-refractivity contribution in [3.8, 4) is 17.6 Å². The Morgan fingerprint density at radius 3 is 2.81 bits per heavy atom. The third-order valence-corrected chi connectivity index (χ3v) is 6.75. The van der Waals surface area contributed by atoms with Gasteiger partial charge < -0.3 is 14.4 Å². The summed E-state index contributed by atoms with van der Waals surface area (Å²) >= 11 is 7.63. The van der Waals surface area contributed by atoms with Crippen molar-refractivity contribution in [1.29, 1.82) is 5.26 Å². The molecule has 0 spiro atoms. The highest BCUT2D eigenvalue weighted by atomic mass is 35.5. The van der Waals surface area contributed by atoms with E-state index in [0.717, 1.165) is 16.3 Å². The van der Waals surface area contributed by atoms with Gasteiger partial charge in [0.15, 0.2) is 11.5 Å². The van der Waals surface area contributed by atoms with Crippen molar-refractivity contribution in [2.45, 2.75) is 19.3 Å². The van der Waals surface area contributed by atoms with Gasteiger partial charge in [0.05, 0.1) is 42.9 Å². The molecule has 31 heavy (non-hydrogen) atoms. The summed E-state index contributed by atoms with van der Waals surface area (Å²) in [5, 5.41) is 11.4. The minimum atomic E-state index is -0.307. The molecular weight excluding hydrogens is 434 g/mol. The molecule has 0 aliphatic carbocycles. The molecule has 0 radical (unpaired) electrons. The number of carbonyl (C=O) groups excluding carboxylic acids is 1. The summed E-state index contributed by atoms with van der Waals surface area (Å²) < 4.78 is 11.1. The summed E-state index contributed by atoms with van der Waals surface area (Å²) in [5.41, 5.74) is 2.43. The van der Waals surface area contributed by atoms with Crippen LogP contribution in [0.3, 0.4) is 0 Å². The summed E-state index contributed by atoms with van der Waals surface area (Å²) in [5.74, 6) is 1.56. The monoisotopic (exact) mass is 455 g/mol. The van der Waals surface area contributed by atoms with Crippen LogP contribution in [0.15, 0.2) is 53.1 Å². The van der Waals surface area contributed by atoms with E-state index < -0.39 is 0 Å². The number of fused-ring (bicyclic) bond motifs is 1. The molecule has 0 N–H and O–H groups in total. The van der Waals surface area contributed by atoms with Gasteiger partial charge in [-0.15, -0.1) is 0 Å². The zero-order valence-electron chi connectivity index (χ0n) is 17.3. The van der Waals surface area contributed by atoms with Gasteiger partial charge in [-0.3, -0.25) is 9.69 Å². The normalized spacial score (nSPS) is 18.5. The second kappa shape index (κ2) is 9.13. The van der Waals surface area contributed by atoms with E-state index in [9.17, 15) is 10.1 Å². The van der Waals surface area contributed by atoms with Gasteiger partial charge in [-0.2, -0.15) is 5.26 Å². The average Bonchev–Trinajstić information content (AvgIpc) is 2.79. The lowest BCUT2D eigenvalue weighted by Crippen LogP contribution is -2.47. The van der Waals surface area contributed by atoms with Crippen LogP contribution in [-0.2, 0) is 4.79 Å². The topological polar surface area (TPSA) is 65.8 Å². The van der Waals surface area contributed by atoms with Gasteiger partial charge in [0.2, 0.25) is 5.91 Å². The number of halogens is 1. The van der Waals surface area contributed by atoms with E-state index in [4.69, 9.17) is 21.1 Å². The Balaban J connectivity index is 1.66. The fourth-order valence-electron chi connectivity index (χ4n) is 3.86. The zero-order chi connectivity index (χ0) is 22.0. The second-order valence-electron chi connectivity index (χ2n) is 7.19. The van der Waals surface area contributed by atoms with E-state index in [1.165, 1.54) is 11.8 Å². The molecule has 0 bridgehead atoms. The molecule has 4 rings (SSSR count). The summed E-state index contributed by atoms with van der Waals surface area (Å²) in [6.07, 6.45) is 0.230. The minimum Gasteiger partial charge on any atom is -0.493 e. The summed E-state index contributed by atoms with van der Waals surface area (Å²) in [6.45, 7) is 2.83. The van der Waals surface area contributed by atoms with Crippen LogP contribution in [0.2, 0.25) is 5.02 Å². The maximum Gasteiger partial charge on any atom is 0.229 e. The lowest BCUT2D eigenvalue weighted by Gasteiger charge is -2.42. The van der Waals surface area contributed by atoms with E-state index in [2.05, 4.69) is 11.0 Å². The second-order valence-corrected chi connectivity index (χ2v) is 8.56. The molecule has 8 heteroatoms. The molecular formula is C23H22ClN3O3S. The van der Waals surface area contributed by atoms with E-state index >= 15 is 0 Å². The number of rotatable bonds is 5. The predicted molar refractivity (Wildman–Crippen MR) is 122 cm³/mol. The molecule has 6 nitrogen and oxygen atoms in total. The molecule has 2 aliphatic heterocycles. The predicted octanol–water partition coefficient (Wildman–Crippen LogP) is 4.97. The van der Waals surface area contributed by atoms with Gasteiger partial charge >= 0.3 is 0 Å². The number of methoxy groups -OCH3 is 1. The Morgan fingerprint density at radius 2 is 2.10 bits per heavy atom. The average molecular weight is 456 g/mol. The molecule has 2 heterocycles. The van der Waals surface area contributed by atoms with Gasteiger partial charge in [0, 0.05) is 23.0 Å². The van der Waals surface area contributed by atoms with Gasteiger partial charge in [0.1, 0.15) is 0 Å². The van der Waals surface area contributed by atoms with Crippen LogP contribution >= 0.6 is 23.4 Å². The number of anilines is 1. The molecule has 1 saturated heterocycles. The summed E-state index contributed by atoms with van der Waals surface area (Å²) in [4.78, 5) is 16.9. The van der Waals surface area contributed by atoms with Gasteiger partial charge in [-0.1, -0.05) is 35.5 Å². The van der Waals surface area contributed by atoms with Gasteiger partial charge in [-0.05, 0) is 42.8 Å². The van der Waals surface area contributed by atoms with Crippen molar-refractivity contribution in [3.63, 3.8) is 0 Å². The van der Waals surface area contributed by atoms with Crippen molar-refractivity contribution < 1.29 is 14.3 Å².